The van der Waals surface area contributed by atoms with Gasteiger partial charge in [-0.3, -0.25) is 9.89 Å². The summed E-state index contributed by atoms with van der Waals surface area (Å²) in [6.45, 7) is 8.69. The van der Waals surface area contributed by atoms with Crippen molar-refractivity contribution >= 4 is 17.3 Å². The molecule has 1 aliphatic heterocycles. The van der Waals surface area contributed by atoms with Crippen LogP contribution in [0.1, 0.15) is 24.1 Å². The molecule has 1 saturated heterocycles. The number of nitrogens with two attached hydrogens (primary N) is 1. The van der Waals surface area contributed by atoms with Gasteiger partial charge in [-0.05, 0) is 24.4 Å². The lowest BCUT2D eigenvalue weighted by atomic mass is 10.1. The van der Waals surface area contributed by atoms with E-state index in [2.05, 4.69) is 39.6 Å². The number of ether oxygens (including phenoxy) is 1. The molecule has 2 rings (SSSR count). The zero-order valence-corrected chi connectivity index (χ0v) is 13.6. The molecule has 0 spiro atoms. The van der Waals surface area contributed by atoms with E-state index in [1.165, 1.54) is 4.88 Å². The van der Waals surface area contributed by atoms with Gasteiger partial charge in [0.2, 0.25) is 0 Å². The van der Waals surface area contributed by atoms with Crippen LogP contribution in [0.4, 0.5) is 0 Å². The summed E-state index contributed by atoms with van der Waals surface area (Å²) in [5, 5.41) is 5.30. The lowest BCUT2D eigenvalue weighted by Gasteiger charge is -2.26. The van der Waals surface area contributed by atoms with Crippen molar-refractivity contribution in [1.82, 2.24) is 10.2 Å². The molecule has 6 heteroatoms. The maximum absolute atomic E-state index is 5.90. The van der Waals surface area contributed by atoms with Crippen molar-refractivity contribution in [2.75, 3.05) is 45.9 Å². The van der Waals surface area contributed by atoms with Crippen molar-refractivity contribution in [3.05, 3.63) is 22.4 Å². The molecule has 5 nitrogen and oxygen atoms in total. The highest BCUT2D eigenvalue weighted by atomic mass is 32.1. The predicted molar refractivity (Wildman–Crippen MR) is 89.1 cm³/mol. The lowest BCUT2D eigenvalue weighted by Crippen LogP contribution is -2.39. The zero-order chi connectivity index (χ0) is 14.9. The fraction of sp³-hybridized carbons (Fsp3) is 0.667. The predicted octanol–water partition coefficient (Wildman–Crippen LogP) is 1.48. The van der Waals surface area contributed by atoms with E-state index in [4.69, 9.17) is 10.5 Å². The Bertz CT molecular complexity index is 415. The van der Waals surface area contributed by atoms with Gasteiger partial charge in [0.05, 0.1) is 19.8 Å². The normalized spacial score (nSPS) is 18.6. The van der Waals surface area contributed by atoms with Gasteiger partial charge in [-0.1, -0.05) is 13.0 Å². The molecule has 0 bridgehead atoms. The van der Waals surface area contributed by atoms with Crippen LogP contribution < -0.4 is 11.1 Å². The third-order valence-electron chi connectivity index (χ3n) is 3.63. The molecule has 0 aromatic carbocycles. The molecule has 3 N–H and O–H groups in total. The Morgan fingerprint density at radius 1 is 1.52 bits per heavy atom. The van der Waals surface area contributed by atoms with Crippen LogP contribution >= 0.6 is 11.3 Å². The average molecular weight is 310 g/mol. The van der Waals surface area contributed by atoms with Crippen molar-refractivity contribution in [3.8, 4) is 0 Å². The quantitative estimate of drug-likeness (QED) is 0.455. The number of thiophene rings is 1. The first kappa shape index (κ1) is 16.3. The van der Waals surface area contributed by atoms with Gasteiger partial charge < -0.3 is 15.8 Å². The summed E-state index contributed by atoms with van der Waals surface area (Å²) in [5.41, 5.74) is 5.90. The maximum atomic E-state index is 5.90. The first-order chi connectivity index (χ1) is 10.3. The van der Waals surface area contributed by atoms with E-state index in [9.17, 15) is 0 Å². The highest BCUT2D eigenvalue weighted by Crippen LogP contribution is 2.20. The summed E-state index contributed by atoms with van der Waals surface area (Å²) >= 11 is 1.77. The van der Waals surface area contributed by atoms with Crippen LogP contribution in [0, 0.1) is 0 Å². The van der Waals surface area contributed by atoms with Gasteiger partial charge >= 0.3 is 0 Å². The average Bonchev–Trinajstić information content (AvgIpc) is 3.05. The van der Waals surface area contributed by atoms with Crippen LogP contribution in [-0.2, 0) is 4.74 Å². The fourth-order valence-corrected chi connectivity index (χ4v) is 3.07. The molecule has 1 aromatic heterocycles. The van der Waals surface area contributed by atoms with Crippen molar-refractivity contribution < 1.29 is 4.74 Å². The van der Waals surface area contributed by atoms with E-state index in [1.54, 1.807) is 11.3 Å². The molecular formula is C15H26N4OS. The SMILES string of the molecule is CC(CN=C(N)NCCCN1CCOCC1)c1cccs1. The van der Waals surface area contributed by atoms with Crippen LogP contribution in [0.2, 0.25) is 0 Å². The summed E-state index contributed by atoms with van der Waals surface area (Å²) < 4.78 is 5.33. The fourth-order valence-electron chi connectivity index (χ4n) is 2.30. The van der Waals surface area contributed by atoms with E-state index in [-0.39, 0.29) is 0 Å². The molecule has 1 unspecified atom stereocenters. The molecule has 1 fully saturated rings. The van der Waals surface area contributed by atoms with E-state index >= 15 is 0 Å². The van der Waals surface area contributed by atoms with Gasteiger partial charge in [0.15, 0.2) is 5.96 Å². The van der Waals surface area contributed by atoms with Gasteiger partial charge in [0.25, 0.3) is 0 Å². The third-order valence-corrected chi connectivity index (χ3v) is 4.73. The molecule has 0 radical (unpaired) electrons. The van der Waals surface area contributed by atoms with Crippen LogP contribution in [-0.4, -0.2) is 56.8 Å². The van der Waals surface area contributed by atoms with Crippen molar-refractivity contribution in [1.29, 1.82) is 0 Å². The van der Waals surface area contributed by atoms with Gasteiger partial charge in [0.1, 0.15) is 0 Å². The Hall–Kier alpha value is -1.11. The molecule has 2 heterocycles. The highest BCUT2D eigenvalue weighted by molar-refractivity contribution is 7.10. The Labute approximate surface area is 131 Å². The second-order valence-electron chi connectivity index (χ2n) is 5.38. The van der Waals surface area contributed by atoms with E-state index in [0.29, 0.717) is 11.9 Å². The first-order valence-corrected chi connectivity index (χ1v) is 8.51. The first-order valence-electron chi connectivity index (χ1n) is 7.63. The maximum Gasteiger partial charge on any atom is 0.188 e. The molecule has 1 aromatic rings. The monoisotopic (exact) mass is 310 g/mol. The summed E-state index contributed by atoms with van der Waals surface area (Å²) in [6.07, 6.45) is 1.08. The Morgan fingerprint density at radius 3 is 3.05 bits per heavy atom. The van der Waals surface area contributed by atoms with Gasteiger partial charge in [0, 0.05) is 30.4 Å². The number of hydrogen-bond donors (Lipinski definition) is 2. The molecule has 118 valence electrons. The minimum Gasteiger partial charge on any atom is -0.379 e. The number of hydrogen-bond acceptors (Lipinski definition) is 4. The Balaban J connectivity index is 1.58. The number of nitrogens with zero attached hydrogens (tertiary/aromatic N) is 2. The second-order valence-corrected chi connectivity index (χ2v) is 6.36. The zero-order valence-electron chi connectivity index (χ0n) is 12.8. The van der Waals surface area contributed by atoms with Crippen LogP contribution in [0.3, 0.4) is 0 Å². The van der Waals surface area contributed by atoms with E-state index < -0.39 is 0 Å². The van der Waals surface area contributed by atoms with Crippen LogP contribution in [0.15, 0.2) is 22.5 Å². The molecule has 0 saturated carbocycles. The number of morpholine rings is 1. The topological polar surface area (TPSA) is 62.9 Å². The molecule has 0 aliphatic carbocycles. The summed E-state index contributed by atoms with van der Waals surface area (Å²) in [4.78, 5) is 8.21. The number of nitrogens with one attached hydrogen (secondary N) is 1. The van der Waals surface area contributed by atoms with Gasteiger partial charge in [-0.15, -0.1) is 11.3 Å². The summed E-state index contributed by atoms with van der Waals surface area (Å²) in [7, 11) is 0. The second kappa shape index (κ2) is 9.02. The van der Waals surface area contributed by atoms with E-state index in [1.807, 2.05) is 0 Å². The number of rotatable bonds is 7. The van der Waals surface area contributed by atoms with Gasteiger partial charge in [-0.2, -0.15) is 0 Å². The largest absolute Gasteiger partial charge is 0.379 e. The van der Waals surface area contributed by atoms with Crippen LogP contribution in [0.25, 0.3) is 0 Å². The Kier molecular flexibility index (Phi) is 6.99. The highest BCUT2D eigenvalue weighted by Gasteiger charge is 2.09. The van der Waals surface area contributed by atoms with Gasteiger partial charge in [-0.25, -0.2) is 0 Å². The molecule has 1 atom stereocenters. The molecule has 21 heavy (non-hydrogen) atoms. The third kappa shape index (κ3) is 6.03. The minimum absolute atomic E-state index is 0.429. The number of aliphatic imine (C=N–C) groups is 1. The summed E-state index contributed by atoms with van der Waals surface area (Å²) in [5.74, 6) is 0.985. The van der Waals surface area contributed by atoms with Crippen molar-refractivity contribution in [2.45, 2.75) is 19.3 Å². The van der Waals surface area contributed by atoms with E-state index in [0.717, 1.165) is 52.4 Å². The Morgan fingerprint density at radius 2 is 2.33 bits per heavy atom. The van der Waals surface area contributed by atoms with Crippen molar-refractivity contribution in [3.63, 3.8) is 0 Å². The number of guanidine groups is 1. The minimum atomic E-state index is 0.429. The standard InChI is InChI=1S/C15H26N4OS/c1-13(14-4-2-11-21-14)12-18-15(16)17-5-3-6-19-7-9-20-10-8-19/h2,4,11,13H,3,5-10,12H2,1H3,(H3,16,17,18). The summed E-state index contributed by atoms with van der Waals surface area (Å²) in [6, 6.07) is 4.23. The molecule has 1 aliphatic rings. The van der Waals surface area contributed by atoms with Crippen molar-refractivity contribution in [2.24, 2.45) is 10.7 Å². The smallest absolute Gasteiger partial charge is 0.188 e. The molecular weight excluding hydrogens is 284 g/mol. The molecule has 0 amide bonds. The lowest BCUT2D eigenvalue weighted by molar-refractivity contribution is 0.0376. The van der Waals surface area contributed by atoms with Crippen LogP contribution in [0.5, 0.6) is 0 Å².